The maximum absolute atomic E-state index is 11.9. The highest BCUT2D eigenvalue weighted by atomic mass is 16.5. The smallest absolute Gasteiger partial charge is 0.243 e. The molecule has 2 unspecified atom stereocenters. The number of aromatic nitrogens is 3. The van der Waals surface area contributed by atoms with E-state index in [2.05, 4.69) is 32.6 Å². The minimum absolute atomic E-state index is 0.0250. The summed E-state index contributed by atoms with van der Waals surface area (Å²) >= 11 is 0. The molecule has 3 heterocycles. The van der Waals surface area contributed by atoms with Crippen molar-refractivity contribution in [1.29, 1.82) is 0 Å². The lowest BCUT2D eigenvalue weighted by Crippen LogP contribution is -2.49. The molecule has 2 aliphatic heterocycles. The minimum atomic E-state index is -0.0250. The zero-order valence-corrected chi connectivity index (χ0v) is 16.6. The molecule has 27 heavy (non-hydrogen) atoms. The average molecular weight is 377 g/mol. The molecule has 2 N–H and O–H groups in total. The molecule has 9 heteroatoms. The number of likely N-dealkylation sites (N-methyl/N-ethyl adjacent to an activating group) is 1. The van der Waals surface area contributed by atoms with Crippen LogP contribution < -0.4 is 10.6 Å². The number of hydrogen-bond acceptors (Lipinski definition) is 5. The van der Waals surface area contributed by atoms with Gasteiger partial charge in [0, 0.05) is 46.1 Å². The third-order valence-electron chi connectivity index (χ3n) is 4.95. The fourth-order valence-corrected chi connectivity index (χ4v) is 3.28. The maximum atomic E-state index is 11.9. The van der Waals surface area contributed by atoms with Crippen LogP contribution in [0.5, 0.6) is 0 Å². The fraction of sp³-hybridized carbons (Fsp3) is 0.778. The van der Waals surface area contributed by atoms with Crippen LogP contribution in [0.2, 0.25) is 0 Å². The maximum Gasteiger partial charge on any atom is 0.243 e. The Morgan fingerprint density at radius 3 is 2.96 bits per heavy atom. The molecule has 150 valence electrons. The minimum Gasteiger partial charge on any atom is -0.376 e. The van der Waals surface area contributed by atoms with Gasteiger partial charge in [0.1, 0.15) is 12.4 Å². The summed E-state index contributed by atoms with van der Waals surface area (Å²) in [6, 6.07) is 0.203. The van der Waals surface area contributed by atoms with Crippen molar-refractivity contribution in [3.8, 4) is 0 Å². The second-order valence-corrected chi connectivity index (χ2v) is 7.33. The van der Waals surface area contributed by atoms with Crippen molar-refractivity contribution in [3.05, 3.63) is 11.6 Å². The normalized spacial score (nSPS) is 22.4. The number of carbonyl (C=O) groups is 1. The van der Waals surface area contributed by atoms with Crippen molar-refractivity contribution in [2.75, 3.05) is 33.8 Å². The van der Waals surface area contributed by atoms with E-state index in [4.69, 9.17) is 4.74 Å². The van der Waals surface area contributed by atoms with Crippen molar-refractivity contribution in [1.82, 2.24) is 30.3 Å². The molecule has 1 saturated heterocycles. The van der Waals surface area contributed by atoms with Gasteiger partial charge in [-0.2, -0.15) is 5.10 Å². The van der Waals surface area contributed by atoms with Crippen molar-refractivity contribution >= 4 is 11.9 Å². The number of nitrogens with zero attached hydrogens (tertiary/aromatic N) is 5. The monoisotopic (exact) mass is 377 g/mol. The summed E-state index contributed by atoms with van der Waals surface area (Å²) in [5.41, 5.74) is 0. The first-order chi connectivity index (χ1) is 13.0. The molecular formula is C18H31N7O2. The SMILES string of the molecule is CCc1nc2n(n1)CC(NC(=NCC(=O)N(C)C)NCC1CCCO1)CC2. The summed E-state index contributed by atoms with van der Waals surface area (Å²) < 4.78 is 7.66. The molecule has 1 fully saturated rings. The van der Waals surface area contributed by atoms with E-state index in [1.54, 1.807) is 19.0 Å². The Balaban J connectivity index is 1.61. The van der Waals surface area contributed by atoms with Crippen molar-refractivity contribution in [2.24, 2.45) is 4.99 Å². The van der Waals surface area contributed by atoms with Crippen LogP contribution in [-0.4, -0.2) is 77.5 Å². The van der Waals surface area contributed by atoms with Gasteiger partial charge in [-0.3, -0.25) is 4.79 Å². The van der Waals surface area contributed by atoms with Gasteiger partial charge in [0.05, 0.1) is 12.6 Å². The number of rotatable bonds is 6. The van der Waals surface area contributed by atoms with E-state index in [-0.39, 0.29) is 24.6 Å². The lowest BCUT2D eigenvalue weighted by Gasteiger charge is -2.26. The van der Waals surface area contributed by atoms with Crippen molar-refractivity contribution in [3.63, 3.8) is 0 Å². The summed E-state index contributed by atoms with van der Waals surface area (Å²) in [6.45, 7) is 4.46. The highest BCUT2D eigenvalue weighted by Gasteiger charge is 2.23. The molecule has 2 atom stereocenters. The Kier molecular flexibility index (Phi) is 6.65. The van der Waals surface area contributed by atoms with Crippen LogP contribution in [0.15, 0.2) is 4.99 Å². The van der Waals surface area contributed by atoms with E-state index in [0.29, 0.717) is 12.5 Å². The predicted octanol–water partition coefficient (Wildman–Crippen LogP) is -0.0423. The van der Waals surface area contributed by atoms with Crippen LogP contribution >= 0.6 is 0 Å². The second-order valence-electron chi connectivity index (χ2n) is 7.33. The number of hydrogen-bond donors (Lipinski definition) is 2. The van der Waals surface area contributed by atoms with Crippen LogP contribution in [0.4, 0.5) is 0 Å². The highest BCUT2D eigenvalue weighted by molar-refractivity contribution is 5.84. The van der Waals surface area contributed by atoms with Crippen LogP contribution in [-0.2, 0) is 28.9 Å². The van der Waals surface area contributed by atoms with E-state index < -0.39 is 0 Å². The molecule has 0 bridgehead atoms. The van der Waals surface area contributed by atoms with E-state index in [0.717, 1.165) is 56.9 Å². The predicted molar refractivity (Wildman–Crippen MR) is 103 cm³/mol. The van der Waals surface area contributed by atoms with Crippen molar-refractivity contribution < 1.29 is 9.53 Å². The summed E-state index contributed by atoms with van der Waals surface area (Å²) in [6.07, 6.45) is 5.07. The molecule has 2 aliphatic rings. The largest absolute Gasteiger partial charge is 0.376 e. The molecule has 0 radical (unpaired) electrons. The highest BCUT2D eigenvalue weighted by Crippen LogP contribution is 2.14. The summed E-state index contributed by atoms with van der Waals surface area (Å²) in [5.74, 6) is 2.58. The summed E-state index contributed by atoms with van der Waals surface area (Å²) in [5, 5.41) is 11.4. The number of aryl methyl sites for hydroxylation is 2. The number of guanidine groups is 1. The lowest BCUT2D eigenvalue weighted by atomic mass is 10.1. The Labute approximate surface area is 160 Å². The van der Waals surface area contributed by atoms with Crippen molar-refractivity contribution in [2.45, 2.75) is 57.7 Å². The molecule has 0 saturated carbocycles. The number of fused-ring (bicyclic) bond motifs is 1. The first-order valence-corrected chi connectivity index (χ1v) is 9.84. The van der Waals surface area contributed by atoms with Gasteiger partial charge in [0.2, 0.25) is 5.91 Å². The number of nitrogens with one attached hydrogen (secondary N) is 2. The number of aliphatic imine (C=N–C) groups is 1. The standard InChI is InChI=1S/C18H31N7O2/c1-4-15-22-16-8-7-13(12-25(16)23-15)21-18(20-11-17(26)24(2)3)19-10-14-6-5-9-27-14/h13-14H,4-12H2,1-3H3,(H2,19,20,21). The first-order valence-electron chi connectivity index (χ1n) is 9.84. The van der Waals surface area contributed by atoms with E-state index in [9.17, 15) is 4.79 Å². The van der Waals surface area contributed by atoms with E-state index >= 15 is 0 Å². The summed E-state index contributed by atoms with van der Waals surface area (Å²) in [7, 11) is 3.48. The third kappa shape index (κ3) is 5.41. The van der Waals surface area contributed by atoms with Gasteiger partial charge in [0.25, 0.3) is 0 Å². The van der Waals surface area contributed by atoms with Crippen LogP contribution in [0.3, 0.4) is 0 Å². The quantitative estimate of drug-likeness (QED) is 0.533. The van der Waals surface area contributed by atoms with E-state index in [1.165, 1.54) is 0 Å². The zero-order valence-electron chi connectivity index (χ0n) is 16.6. The molecular weight excluding hydrogens is 346 g/mol. The van der Waals surface area contributed by atoms with E-state index in [1.807, 2.05) is 4.68 Å². The Morgan fingerprint density at radius 1 is 1.41 bits per heavy atom. The van der Waals surface area contributed by atoms with Crippen LogP contribution in [0, 0.1) is 0 Å². The Bertz CT molecular complexity index is 665. The first kappa shape index (κ1) is 19.6. The second kappa shape index (κ2) is 9.16. The number of amides is 1. The molecule has 1 aromatic rings. The van der Waals surface area contributed by atoms with Gasteiger partial charge in [-0.25, -0.2) is 14.7 Å². The molecule has 0 aromatic carbocycles. The Hall–Kier alpha value is -2.16. The molecule has 0 spiro atoms. The summed E-state index contributed by atoms with van der Waals surface area (Å²) in [4.78, 5) is 22.5. The van der Waals surface area contributed by atoms with Gasteiger partial charge >= 0.3 is 0 Å². The number of ether oxygens (including phenoxy) is 1. The van der Waals surface area contributed by atoms with Gasteiger partial charge in [-0.15, -0.1) is 0 Å². The molecule has 3 rings (SSSR count). The third-order valence-corrected chi connectivity index (χ3v) is 4.95. The van der Waals surface area contributed by atoms with Gasteiger partial charge < -0.3 is 20.3 Å². The number of carbonyl (C=O) groups excluding carboxylic acids is 1. The zero-order chi connectivity index (χ0) is 19.2. The molecule has 0 aliphatic carbocycles. The fourth-order valence-electron chi connectivity index (χ4n) is 3.28. The topological polar surface area (TPSA) is 96.7 Å². The molecule has 9 nitrogen and oxygen atoms in total. The average Bonchev–Trinajstić information content (AvgIpc) is 3.32. The van der Waals surface area contributed by atoms with Gasteiger partial charge in [0.15, 0.2) is 11.8 Å². The van der Waals surface area contributed by atoms with Crippen LogP contribution in [0.1, 0.15) is 37.8 Å². The molecule has 1 aromatic heterocycles. The van der Waals surface area contributed by atoms with Crippen LogP contribution in [0.25, 0.3) is 0 Å². The van der Waals surface area contributed by atoms with Gasteiger partial charge in [-0.1, -0.05) is 6.92 Å². The lowest BCUT2D eigenvalue weighted by molar-refractivity contribution is -0.127. The molecule has 1 amide bonds. The Morgan fingerprint density at radius 2 is 2.26 bits per heavy atom. The van der Waals surface area contributed by atoms with Gasteiger partial charge in [-0.05, 0) is 19.3 Å².